The highest BCUT2D eigenvalue weighted by Crippen LogP contribution is 2.23. The maximum atomic E-state index is 12.8. The van der Waals surface area contributed by atoms with Gasteiger partial charge in [0.15, 0.2) is 16.4 Å². The zero-order chi connectivity index (χ0) is 20.1. The molecule has 6 nitrogen and oxygen atoms in total. The number of rotatable bonds is 6. The lowest BCUT2D eigenvalue weighted by Crippen LogP contribution is -2.43. The fraction of sp³-hybridized carbons (Fsp3) is 0.200. The van der Waals surface area contributed by atoms with Crippen molar-refractivity contribution < 1.29 is 22.7 Å². The van der Waals surface area contributed by atoms with E-state index in [2.05, 4.69) is 0 Å². The Morgan fingerprint density at radius 1 is 1.11 bits per heavy atom. The van der Waals surface area contributed by atoms with Crippen molar-refractivity contribution in [2.24, 2.45) is 0 Å². The van der Waals surface area contributed by atoms with E-state index in [1.54, 1.807) is 66.4 Å². The Bertz CT molecular complexity index is 985. The molecule has 0 saturated heterocycles. The van der Waals surface area contributed by atoms with Crippen molar-refractivity contribution in [1.82, 2.24) is 0 Å². The summed E-state index contributed by atoms with van der Waals surface area (Å²) in [6.07, 6.45) is 3.41. The summed E-state index contributed by atoms with van der Waals surface area (Å²) < 4.78 is 28.7. The number of carbonyl (C=O) groups excluding carboxylic acids is 2. The Hall–Kier alpha value is -2.58. The van der Waals surface area contributed by atoms with Crippen molar-refractivity contribution in [2.75, 3.05) is 23.5 Å². The van der Waals surface area contributed by atoms with Crippen LogP contribution in [0, 0.1) is 0 Å². The third-order valence-corrected chi connectivity index (χ3v) is 6.32. The molecule has 0 aromatic heterocycles. The minimum atomic E-state index is -3.35. The van der Waals surface area contributed by atoms with Crippen LogP contribution in [0.1, 0.15) is 10.4 Å². The first kappa shape index (κ1) is 20.2. The second-order valence-corrected chi connectivity index (χ2v) is 8.94. The van der Waals surface area contributed by atoms with Gasteiger partial charge in [0.2, 0.25) is 0 Å². The van der Waals surface area contributed by atoms with Crippen molar-refractivity contribution in [1.29, 1.82) is 0 Å². The first-order valence-corrected chi connectivity index (χ1v) is 11.4. The topological polar surface area (TPSA) is 80.8 Å². The van der Waals surface area contributed by atoms with Crippen LogP contribution < -0.4 is 4.90 Å². The smallest absolute Gasteiger partial charge is 0.338 e. The van der Waals surface area contributed by atoms with Gasteiger partial charge in [-0.25, -0.2) is 13.2 Å². The molecule has 1 heterocycles. The lowest BCUT2D eigenvalue weighted by molar-refractivity contribution is -0.121. The molecule has 1 amide bonds. The van der Waals surface area contributed by atoms with E-state index in [1.807, 2.05) is 6.26 Å². The summed E-state index contributed by atoms with van der Waals surface area (Å²) in [5, 5.41) is 1.11. The quantitative estimate of drug-likeness (QED) is 0.531. The molecule has 0 spiro atoms. The average molecular weight is 418 g/mol. The second-order valence-electron chi connectivity index (χ2n) is 6.13. The number of benzene rings is 2. The summed E-state index contributed by atoms with van der Waals surface area (Å²) >= 11 is 1.55. The number of amides is 1. The first-order chi connectivity index (χ1) is 13.4. The van der Waals surface area contributed by atoms with Gasteiger partial charge in [-0.05, 0) is 48.7 Å². The molecule has 28 heavy (non-hydrogen) atoms. The zero-order valence-electron chi connectivity index (χ0n) is 15.1. The molecule has 1 atom stereocenters. The highest BCUT2D eigenvalue weighted by Gasteiger charge is 2.31. The average Bonchev–Trinajstić information content (AvgIpc) is 3.06. The first-order valence-electron chi connectivity index (χ1n) is 8.49. The minimum absolute atomic E-state index is 0.197. The minimum Gasteiger partial charge on any atom is -0.452 e. The van der Waals surface area contributed by atoms with Crippen LogP contribution in [0.15, 0.2) is 71.0 Å². The molecule has 2 aromatic carbocycles. The summed E-state index contributed by atoms with van der Waals surface area (Å²) in [7, 11) is -3.35. The van der Waals surface area contributed by atoms with Gasteiger partial charge in [-0.15, -0.1) is 11.8 Å². The Balaban J connectivity index is 1.72. The Morgan fingerprint density at radius 3 is 2.36 bits per heavy atom. The number of thioether (sulfide) groups is 1. The van der Waals surface area contributed by atoms with Crippen molar-refractivity contribution in [3.63, 3.8) is 0 Å². The molecular weight excluding hydrogens is 398 g/mol. The number of anilines is 1. The maximum Gasteiger partial charge on any atom is 0.338 e. The van der Waals surface area contributed by atoms with Crippen LogP contribution in [0.4, 0.5) is 5.69 Å². The molecule has 0 radical (unpaired) electrons. The number of hydrogen-bond donors (Lipinski definition) is 0. The number of sulfone groups is 1. The molecule has 146 valence electrons. The molecule has 0 aliphatic carbocycles. The van der Waals surface area contributed by atoms with Gasteiger partial charge >= 0.3 is 5.97 Å². The molecule has 0 bridgehead atoms. The summed E-state index contributed by atoms with van der Waals surface area (Å²) in [5.74, 6) is -1.30. The summed E-state index contributed by atoms with van der Waals surface area (Å²) in [6, 6.07) is 15.0. The van der Waals surface area contributed by atoms with E-state index in [4.69, 9.17) is 4.74 Å². The molecular formula is C20H19NO5S2. The van der Waals surface area contributed by atoms with Crippen molar-refractivity contribution in [3.8, 4) is 0 Å². The van der Waals surface area contributed by atoms with E-state index >= 15 is 0 Å². The number of ether oxygens (including phenoxy) is 1. The number of carbonyl (C=O) groups is 2. The van der Waals surface area contributed by atoms with Crippen LogP contribution in [0.5, 0.6) is 0 Å². The monoisotopic (exact) mass is 417 g/mol. The standard InChI is InChI=1S/C20H19NO5S2/c1-27-18-9-7-15(8-10-18)20(23)26-13-19(22)21(16-5-3-2-4-6-16)17-11-12-28(24,25)14-17/h2-12,17H,13-14H2,1H3/t17-/m1/s1. The van der Waals surface area contributed by atoms with E-state index in [9.17, 15) is 18.0 Å². The van der Waals surface area contributed by atoms with Gasteiger partial charge in [0, 0.05) is 16.0 Å². The van der Waals surface area contributed by atoms with E-state index in [-0.39, 0.29) is 5.75 Å². The Morgan fingerprint density at radius 2 is 1.79 bits per heavy atom. The van der Waals surface area contributed by atoms with E-state index < -0.39 is 34.4 Å². The predicted molar refractivity (Wildman–Crippen MR) is 109 cm³/mol. The van der Waals surface area contributed by atoms with Gasteiger partial charge in [-0.3, -0.25) is 4.79 Å². The van der Waals surface area contributed by atoms with Gasteiger partial charge in [-0.1, -0.05) is 18.2 Å². The number of nitrogens with zero attached hydrogens (tertiary/aromatic N) is 1. The van der Waals surface area contributed by atoms with Crippen LogP contribution in [-0.4, -0.2) is 45.0 Å². The maximum absolute atomic E-state index is 12.8. The van der Waals surface area contributed by atoms with E-state index in [0.717, 1.165) is 10.3 Å². The Labute approximate surface area is 168 Å². The van der Waals surface area contributed by atoms with Crippen LogP contribution >= 0.6 is 11.8 Å². The summed E-state index contributed by atoms with van der Waals surface area (Å²) in [6.45, 7) is -0.484. The van der Waals surface area contributed by atoms with Crippen LogP contribution in [0.2, 0.25) is 0 Å². The third kappa shape index (κ3) is 4.82. The fourth-order valence-corrected chi connectivity index (χ4v) is 4.51. The molecule has 8 heteroatoms. The van der Waals surface area contributed by atoms with Gasteiger partial charge in [0.1, 0.15) is 0 Å². The normalized spacial score (nSPS) is 17.2. The van der Waals surface area contributed by atoms with Crippen LogP contribution in [-0.2, 0) is 19.4 Å². The van der Waals surface area contributed by atoms with Crippen LogP contribution in [0.25, 0.3) is 0 Å². The number of hydrogen-bond acceptors (Lipinski definition) is 6. The Kier molecular flexibility index (Phi) is 6.21. The molecule has 0 unspecified atom stereocenters. The summed E-state index contributed by atoms with van der Waals surface area (Å²) in [5.41, 5.74) is 0.889. The molecule has 0 fully saturated rings. The van der Waals surface area contributed by atoms with E-state index in [0.29, 0.717) is 11.3 Å². The molecule has 1 aliphatic heterocycles. The van der Waals surface area contributed by atoms with E-state index in [1.165, 1.54) is 11.0 Å². The van der Waals surface area contributed by atoms with Crippen molar-refractivity contribution in [2.45, 2.75) is 10.9 Å². The van der Waals surface area contributed by atoms with Gasteiger partial charge in [0.25, 0.3) is 5.91 Å². The number of esters is 1. The van der Waals surface area contributed by atoms with Crippen molar-refractivity contribution in [3.05, 3.63) is 71.6 Å². The van der Waals surface area contributed by atoms with Crippen LogP contribution in [0.3, 0.4) is 0 Å². The van der Waals surface area contributed by atoms with Crippen molar-refractivity contribution >= 4 is 39.2 Å². The van der Waals surface area contributed by atoms with Gasteiger partial charge in [0.05, 0.1) is 17.4 Å². The summed E-state index contributed by atoms with van der Waals surface area (Å²) in [4.78, 5) is 27.4. The third-order valence-electron chi connectivity index (χ3n) is 4.20. The molecule has 3 rings (SSSR count). The second kappa shape index (κ2) is 8.62. The zero-order valence-corrected chi connectivity index (χ0v) is 16.8. The van der Waals surface area contributed by atoms with Gasteiger partial charge in [-0.2, -0.15) is 0 Å². The lowest BCUT2D eigenvalue weighted by atomic mass is 10.2. The molecule has 0 N–H and O–H groups in total. The molecule has 1 aliphatic rings. The molecule has 0 saturated carbocycles. The van der Waals surface area contributed by atoms with Gasteiger partial charge < -0.3 is 9.64 Å². The fourth-order valence-electron chi connectivity index (χ4n) is 2.84. The molecule has 2 aromatic rings. The highest BCUT2D eigenvalue weighted by atomic mass is 32.2. The largest absolute Gasteiger partial charge is 0.452 e. The highest BCUT2D eigenvalue weighted by molar-refractivity contribution is 7.98. The SMILES string of the molecule is CSc1ccc(C(=O)OCC(=O)N(c2ccccc2)[C@@H]2C=CS(=O)(=O)C2)cc1. The number of para-hydroxylation sites is 1. The lowest BCUT2D eigenvalue weighted by Gasteiger charge is -2.27. The predicted octanol–water partition coefficient (Wildman–Crippen LogP) is 2.91.